The third kappa shape index (κ3) is 4.73. The van der Waals surface area contributed by atoms with Crippen molar-refractivity contribution in [3.05, 3.63) is 66.2 Å². The summed E-state index contributed by atoms with van der Waals surface area (Å²) in [6.07, 6.45) is -4.02. The van der Waals surface area contributed by atoms with Crippen LogP contribution in [0.2, 0.25) is 0 Å². The molecule has 2 aromatic carbocycles. The Balaban J connectivity index is 1.34. The molecule has 1 unspecified atom stereocenters. The van der Waals surface area contributed by atoms with E-state index < -0.39 is 6.36 Å². The number of halogens is 3. The SMILES string of the molecule is O=C(NC1CCN(c2cc(-c3ccccc3)[nH]n2)C1)c1ccc(OC(F)(F)F)cc1. The van der Waals surface area contributed by atoms with Crippen molar-refractivity contribution in [1.29, 1.82) is 0 Å². The van der Waals surface area contributed by atoms with E-state index in [1.807, 2.05) is 36.4 Å². The van der Waals surface area contributed by atoms with E-state index in [0.29, 0.717) is 6.54 Å². The number of nitrogens with one attached hydrogen (secondary N) is 2. The topological polar surface area (TPSA) is 70.2 Å². The molecule has 9 heteroatoms. The number of rotatable bonds is 5. The Kier molecular flexibility index (Phi) is 5.35. The molecule has 0 aliphatic carbocycles. The Morgan fingerprint density at radius 3 is 2.57 bits per heavy atom. The molecule has 1 atom stereocenters. The molecule has 1 aromatic heterocycles. The van der Waals surface area contributed by atoms with Crippen molar-refractivity contribution in [1.82, 2.24) is 15.5 Å². The number of H-pyrrole nitrogens is 1. The first-order valence-electron chi connectivity index (χ1n) is 9.40. The van der Waals surface area contributed by atoms with Gasteiger partial charge in [-0.05, 0) is 36.2 Å². The molecule has 1 aliphatic heterocycles. The van der Waals surface area contributed by atoms with Crippen LogP contribution < -0.4 is 15.0 Å². The third-order valence-corrected chi connectivity index (χ3v) is 4.85. The van der Waals surface area contributed by atoms with Gasteiger partial charge in [0.2, 0.25) is 0 Å². The predicted molar refractivity (Wildman–Crippen MR) is 105 cm³/mol. The van der Waals surface area contributed by atoms with Gasteiger partial charge in [0.05, 0.1) is 5.69 Å². The molecule has 3 aromatic rings. The first-order chi connectivity index (χ1) is 14.4. The Hall–Kier alpha value is -3.49. The van der Waals surface area contributed by atoms with Crippen molar-refractivity contribution in [3.63, 3.8) is 0 Å². The lowest BCUT2D eigenvalue weighted by Crippen LogP contribution is -2.37. The number of benzene rings is 2. The minimum Gasteiger partial charge on any atom is -0.406 e. The Morgan fingerprint density at radius 2 is 1.87 bits per heavy atom. The number of amides is 1. The lowest BCUT2D eigenvalue weighted by atomic mass is 10.1. The number of ether oxygens (including phenoxy) is 1. The summed E-state index contributed by atoms with van der Waals surface area (Å²) < 4.78 is 40.5. The van der Waals surface area contributed by atoms with Gasteiger partial charge in [-0.1, -0.05) is 30.3 Å². The maximum absolute atomic E-state index is 12.4. The Labute approximate surface area is 170 Å². The number of hydrogen-bond acceptors (Lipinski definition) is 4. The van der Waals surface area contributed by atoms with Crippen LogP contribution in [0.15, 0.2) is 60.7 Å². The maximum Gasteiger partial charge on any atom is 0.573 e. The molecule has 0 saturated carbocycles. The van der Waals surface area contributed by atoms with Crippen LogP contribution in [0.4, 0.5) is 19.0 Å². The van der Waals surface area contributed by atoms with Gasteiger partial charge < -0.3 is 15.0 Å². The summed E-state index contributed by atoms with van der Waals surface area (Å²) in [6.45, 7) is 1.34. The van der Waals surface area contributed by atoms with Crippen molar-refractivity contribution in [2.75, 3.05) is 18.0 Å². The van der Waals surface area contributed by atoms with E-state index in [1.54, 1.807) is 0 Å². The van der Waals surface area contributed by atoms with Gasteiger partial charge in [-0.15, -0.1) is 13.2 Å². The highest BCUT2D eigenvalue weighted by atomic mass is 19.4. The summed E-state index contributed by atoms with van der Waals surface area (Å²) in [4.78, 5) is 14.5. The number of hydrogen-bond donors (Lipinski definition) is 2. The van der Waals surface area contributed by atoms with Crippen molar-refractivity contribution in [2.45, 2.75) is 18.8 Å². The summed E-state index contributed by atoms with van der Waals surface area (Å²) >= 11 is 0. The van der Waals surface area contributed by atoms with E-state index >= 15 is 0 Å². The normalized spacial score (nSPS) is 16.5. The van der Waals surface area contributed by atoms with Gasteiger partial charge in [0, 0.05) is 30.8 Å². The van der Waals surface area contributed by atoms with E-state index in [4.69, 9.17) is 0 Å². The average molecular weight is 416 g/mol. The lowest BCUT2D eigenvalue weighted by Gasteiger charge is -2.16. The van der Waals surface area contributed by atoms with Crippen LogP contribution in [0.25, 0.3) is 11.3 Å². The molecule has 2 heterocycles. The molecule has 0 spiro atoms. The molecule has 1 aliphatic rings. The summed E-state index contributed by atoms with van der Waals surface area (Å²) in [5.74, 6) is 0.102. The zero-order valence-corrected chi connectivity index (χ0v) is 15.8. The second-order valence-electron chi connectivity index (χ2n) is 6.98. The quantitative estimate of drug-likeness (QED) is 0.660. The van der Waals surface area contributed by atoms with Gasteiger partial charge in [0.15, 0.2) is 5.82 Å². The monoisotopic (exact) mass is 416 g/mol. The minimum absolute atomic E-state index is 0.0829. The molecule has 0 bridgehead atoms. The number of anilines is 1. The van der Waals surface area contributed by atoms with Crippen LogP contribution in [0.3, 0.4) is 0 Å². The van der Waals surface area contributed by atoms with E-state index in [1.165, 1.54) is 12.1 Å². The molecule has 6 nitrogen and oxygen atoms in total. The molecular weight excluding hydrogens is 397 g/mol. The van der Waals surface area contributed by atoms with Gasteiger partial charge in [-0.25, -0.2) is 0 Å². The smallest absolute Gasteiger partial charge is 0.406 e. The van der Waals surface area contributed by atoms with E-state index in [-0.39, 0.29) is 23.3 Å². The third-order valence-electron chi connectivity index (χ3n) is 4.85. The molecule has 30 heavy (non-hydrogen) atoms. The first kappa shape index (κ1) is 19.8. The highest BCUT2D eigenvalue weighted by molar-refractivity contribution is 5.94. The fourth-order valence-corrected chi connectivity index (χ4v) is 3.40. The largest absolute Gasteiger partial charge is 0.573 e. The zero-order valence-electron chi connectivity index (χ0n) is 15.8. The summed E-state index contributed by atoms with van der Waals surface area (Å²) in [7, 11) is 0. The zero-order chi connectivity index (χ0) is 21.1. The highest BCUT2D eigenvalue weighted by Gasteiger charge is 2.31. The lowest BCUT2D eigenvalue weighted by molar-refractivity contribution is -0.274. The number of nitrogens with zero attached hydrogens (tertiary/aromatic N) is 2. The molecule has 0 radical (unpaired) electrons. The average Bonchev–Trinajstić information content (AvgIpc) is 3.37. The Morgan fingerprint density at radius 1 is 1.13 bits per heavy atom. The minimum atomic E-state index is -4.76. The molecule has 156 valence electrons. The van der Waals surface area contributed by atoms with Gasteiger partial charge >= 0.3 is 6.36 Å². The molecule has 1 fully saturated rings. The molecule has 1 saturated heterocycles. The van der Waals surface area contributed by atoms with E-state index in [2.05, 4.69) is 25.2 Å². The van der Waals surface area contributed by atoms with Crippen molar-refractivity contribution < 1.29 is 22.7 Å². The molecule has 4 rings (SSSR count). The number of carbonyl (C=O) groups is 1. The van der Waals surface area contributed by atoms with Gasteiger partial charge in [-0.3, -0.25) is 9.89 Å². The van der Waals surface area contributed by atoms with Crippen LogP contribution in [0, 0.1) is 0 Å². The van der Waals surface area contributed by atoms with Crippen molar-refractivity contribution in [3.8, 4) is 17.0 Å². The number of alkyl halides is 3. The summed E-state index contributed by atoms with van der Waals surface area (Å²) in [5, 5.41) is 10.3. The molecule has 1 amide bonds. The number of carbonyl (C=O) groups excluding carboxylic acids is 1. The van der Waals surface area contributed by atoms with E-state index in [0.717, 1.165) is 42.2 Å². The Bertz CT molecular complexity index is 1000. The number of aromatic nitrogens is 2. The maximum atomic E-state index is 12.4. The summed E-state index contributed by atoms with van der Waals surface area (Å²) in [6, 6.07) is 16.6. The fourth-order valence-electron chi connectivity index (χ4n) is 3.40. The van der Waals surface area contributed by atoms with Crippen LogP contribution in [0.1, 0.15) is 16.8 Å². The standard InChI is InChI=1S/C21H19F3N4O2/c22-21(23,24)30-17-8-6-15(7-9-17)20(29)25-16-10-11-28(13-16)19-12-18(26-27-19)14-4-2-1-3-5-14/h1-9,12,16H,10-11,13H2,(H,25,29)(H,26,27). The van der Waals surface area contributed by atoms with Crippen molar-refractivity contribution >= 4 is 11.7 Å². The van der Waals surface area contributed by atoms with Crippen LogP contribution in [-0.2, 0) is 0 Å². The predicted octanol–water partition coefficient (Wildman–Crippen LogP) is 3.98. The van der Waals surface area contributed by atoms with Gasteiger partial charge in [-0.2, -0.15) is 5.10 Å². The fraction of sp³-hybridized carbons (Fsp3) is 0.238. The van der Waals surface area contributed by atoms with Crippen LogP contribution in [0.5, 0.6) is 5.75 Å². The second-order valence-corrected chi connectivity index (χ2v) is 6.98. The number of aromatic amines is 1. The van der Waals surface area contributed by atoms with Crippen molar-refractivity contribution in [2.24, 2.45) is 0 Å². The molecular formula is C21H19F3N4O2. The second kappa shape index (κ2) is 8.10. The van der Waals surface area contributed by atoms with Gasteiger partial charge in [0.1, 0.15) is 5.75 Å². The van der Waals surface area contributed by atoms with Crippen LogP contribution >= 0.6 is 0 Å². The molecule has 2 N–H and O–H groups in total. The first-order valence-corrected chi connectivity index (χ1v) is 9.40. The van der Waals surface area contributed by atoms with E-state index in [9.17, 15) is 18.0 Å². The highest BCUT2D eigenvalue weighted by Crippen LogP contribution is 2.25. The summed E-state index contributed by atoms with van der Waals surface area (Å²) in [5.41, 5.74) is 2.23. The van der Waals surface area contributed by atoms with Gasteiger partial charge in [0.25, 0.3) is 5.91 Å². The van der Waals surface area contributed by atoms with Crippen LogP contribution in [-0.4, -0.2) is 41.6 Å².